The number of carboxylic acids is 1. The fourth-order valence-corrected chi connectivity index (χ4v) is 2.75. The van der Waals surface area contributed by atoms with E-state index in [1.165, 1.54) is 12.1 Å². The van der Waals surface area contributed by atoms with Gasteiger partial charge in [0.2, 0.25) is 6.04 Å². The Balaban J connectivity index is 0.00000280. The second kappa shape index (κ2) is 8.71. The van der Waals surface area contributed by atoms with Gasteiger partial charge >= 0.3 is 5.97 Å². The molecule has 2 N–H and O–H groups in total. The molecule has 3 rings (SSSR count). The summed E-state index contributed by atoms with van der Waals surface area (Å²) in [5.74, 6) is -2.19. The first kappa shape index (κ1) is 21.9. The van der Waals surface area contributed by atoms with E-state index in [1.54, 1.807) is 30.3 Å². The van der Waals surface area contributed by atoms with Crippen LogP contribution in [0, 0.1) is 0 Å². The Bertz CT molecular complexity index is 1050. The average molecular weight is 411 g/mol. The van der Waals surface area contributed by atoms with Gasteiger partial charge in [-0.2, -0.15) is 28.8 Å². The number of hydrogen-bond donors (Lipinski definition) is 2. The molecule has 0 aliphatic carbocycles. The number of carbonyl (C=O) groups is 2. The number of hydrogen-bond acceptors (Lipinski definition) is 7. The smallest absolute Gasteiger partial charge is 0.355 e. The molecule has 1 unspecified atom stereocenters. The van der Waals surface area contributed by atoms with E-state index in [0.29, 0.717) is 5.69 Å². The summed E-state index contributed by atoms with van der Waals surface area (Å²) in [6.07, 6.45) is 0. The number of amides is 1. The first-order valence-electron chi connectivity index (χ1n) is 7.46. The maximum absolute atomic E-state index is 12.6. The van der Waals surface area contributed by atoms with Crippen LogP contribution in [0.25, 0.3) is 0 Å². The van der Waals surface area contributed by atoms with Crippen LogP contribution in [0.15, 0.2) is 74.8 Å². The summed E-state index contributed by atoms with van der Waals surface area (Å²) < 4.78 is 31.2. The van der Waals surface area contributed by atoms with Gasteiger partial charge in [-0.25, -0.2) is 4.79 Å². The van der Waals surface area contributed by atoms with Crippen LogP contribution >= 0.6 is 0 Å². The van der Waals surface area contributed by atoms with Gasteiger partial charge in [-0.3, -0.25) is 9.35 Å². The van der Waals surface area contributed by atoms with Crippen LogP contribution in [0.4, 0.5) is 11.4 Å². The topological polar surface area (TPSA) is 149 Å². The largest absolute Gasteiger partial charge is 0.477 e. The predicted molar refractivity (Wildman–Crippen MR) is 99.3 cm³/mol. The van der Waals surface area contributed by atoms with Gasteiger partial charge in [0.1, 0.15) is 0 Å². The zero-order valence-electron chi connectivity index (χ0n) is 14.5. The first-order valence-corrected chi connectivity index (χ1v) is 8.90. The van der Waals surface area contributed by atoms with Crippen LogP contribution in [-0.2, 0) is 19.7 Å². The van der Waals surface area contributed by atoms with Gasteiger partial charge < -0.3 is 5.11 Å². The summed E-state index contributed by atoms with van der Waals surface area (Å²) in [5, 5.41) is 21.5. The van der Waals surface area contributed by atoms with E-state index in [4.69, 9.17) is 4.55 Å². The van der Waals surface area contributed by atoms with Crippen LogP contribution in [0.1, 0.15) is 0 Å². The molecule has 0 bridgehead atoms. The van der Waals surface area contributed by atoms with Crippen molar-refractivity contribution in [1.29, 1.82) is 0 Å². The first-order chi connectivity index (χ1) is 12.8. The summed E-state index contributed by atoms with van der Waals surface area (Å²) in [4.78, 5) is 23.6. The number of carboxylic acid groups (broad SMARTS) is 1. The Morgan fingerprint density at radius 1 is 1.07 bits per heavy atom. The fourth-order valence-electron chi connectivity index (χ4n) is 2.27. The number of benzene rings is 2. The Hall–Kier alpha value is -2.44. The molecule has 0 saturated heterocycles. The number of anilines is 1. The summed E-state index contributed by atoms with van der Waals surface area (Å²) in [6.45, 7) is 0. The summed E-state index contributed by atoms with van der Waals surface area (Å²) >= 11 is 0. The average Bonchev–Trinajstić information content (AvgIpc) is 2.97. The molecule has 1 atom stereocenters. The van der Waals surface area contributed by atoms with Crippen molar-refractivity contribution >= 4 is 68.6 Å². The molecule has 0 aromatic heterocycles. The molecular weight excluding hydrogens is 399 g/mol. The Kier molecular flexibility index (Phi) is 6.80. The van der Waals surface area contributed by atoms with Crippen molar-refractivity contribution in [2.24, 2.45) is 15.3 Å². The Morgan fingerprint density at radius 3 is 2.21 bits per heavy atom. The third-order valence-electron chi connectivity index (χ3n) is 3.55. The zero-order chi connectivity index (χ0) is 19.6. The number of nitrogens with zero attached hydrogens (tertiary/aromatic N) is 4. The van der Waals surface area contributed by atoms with Gasteiger partial charge in [-0.1, -0.05) is 18.2 Å². The minimum atomic E-state index is -4.40. The minimum absolute atomic E-state index is 0. The van der Waals surface area contributed by atoms with Crippen molar-refractivity contribution in [2.45, 2.75) is 10.9 Å². The van der Waals surface area contributed by atoms with Crippen molar-refractivity contribution in [3.05, 3.63) is 54.6 Å². The van der Waals surface area contributed by atoms with Gasteiger partial charge in [0.05, 0.1) is 16.3 Å². The summed E-state index contributed by atoms with van der Waals surface area (Å²) in [6, 6.07) is 11.5. The van der Waals surface area contributed by atoms with E-state index in [1.807, 2.05) is 0 Å². The molecule has 139 valence electrons. The van der Waals surface area contributed by atoms with E-state index < -0.39 is 33.7 Å². The number of hydrazone groups is 1. The van der Waals surface area contributed by atoms with Gasteiger partial charge in [0.25, 0.3) is 16.0 Å². The molecule has 2 aromatic rings. The second-order valence-electron chi connectivity index (χ2n) is 5.36. The molecule has 1 aliphatic heterocycles. The quantitative estimate of drug-likeness (QED) is 0.432. The molecule has 2 aromatic carbocycles. The predicted octanol–water partition coefficient (Wildman–Crippen LogP) is 1.49. The van der Waals surface area contributed by atoms with E-state index in [9.17, 15) is 23.1 Å². The van der Waals surface area contributed by atoms with Gasteiger partial charge in [0, 0.05) is 29.6 Å². The molecule has 0 spiro atoms. The maximum Gasteiger partial charge on any atom is 0.355 e. The third kappa shape index (κ3) is 4.69. The van der Waals surface area contributed by atoms with Crippen LogP contribution in [0.5, 0.6) is 0 Å². The minimum Gasteiger partial charge on any atom is -0.477 e. The summed E-state index contributed by atoms with van der Waals surface area (Å²) in [5.41, 5.74) is 0.0353. The number of azo groups is 1. The molecule has 12 heteroatoms. The monoisotopic (exact) mass is 411 g/mol. The van der Waals surface area contributed by atoms with Crippen molar-refractivity contribution in [3.63, 3.8) is 0 Å². The number of aliphatic carboxylic acids is 1. The number of carbonyl (C=O) groups excluding carboxylic acids is 1. The standard InChI is InChI=1S/C16H12N4O6S.Na/c21-15-13(18-17-10-4-2-1-3-5-10)14(16(22)23)19-20(15)11-6-8-12(9-7-11)27(24,25)26;/h1-9,13H,(H,22,23)(H,24,25,26);. The van der Waals surface area contributed by atoms with E-state index in [2.05, 4.69) is 15.3 Å². The van der Waals surface area contributed by atoms with Crippen LogP contribution < -0.4 is 5.01 Å². The van der Waals surface area contributed by atoms with Crippen LogP contribution in [0.2, 0.25) is 0 Å². The molecule has 1 radical (unpaired) electrons. The Morgan fingerprint density at radius 2 is 1.68 bits per heavy atom. The molecule has 28 heavy (non-hydrogen) atoms. The number of rotatable bonds is 5. The third-order valence-corrected chi connectivity index (χ3v) is 4.42. The van der Waals surface area contributed by atoms with Crippen LogP contribution in [0.3, 0.4) is 0 Å². The molecule has 10 nitrogen and oxygen atoms in total. The molecule has 0 saturated carbocycles. The molecule has 1 amide bonds. The van der Waals surface area contributed by atoms with Crippen molar-refractivity contribution < 1.29 is 27.7 Å². The SMILES string of the molecule is O=C(O)C1=NN(c2ccc(S(=O)(=O)O)cc2)C(=O)C1N=Nc1ccccc1.[Na]. The van der Waals surface area contributed by atoms with Gasteiger partial charge in [-0.15, -0.1) is 0 Å². The normalized spacial score (nSPS) is 16.8. The molecule has 1 heterocycles. The van der Waals surface area contributed by atoms with Crippen molar-refractivity contribution in [3.8, 4) is 0 Å². The van der Waals surface area contributed by atoms with Crippen molar-refractivity contribution in [2.75, 3.05) is 5.01 Å². The zero-order valence-corrected chi connectivity index (χ0v) is 17.3. The van der Waals surface area contributed by atoms with Gasteiger partial charge in [0.15, 0.2) is 5.71 Å². The maximum atomic E-state index is 12.6. The van der Waals surface area contributed by atoms with Crippen LogP contribution in [-0.4, -0.2) is 71.3 Å². The van der Waals surface area contributed by atoms with E-state index in [0.717, 1.165) is 17.1 Å². The Labute approximate surface area is 181 Å². The second-order valence-corrected chi connectivity index (χ2v) is 6.78. The molecule has 1 aliphatic rings. The van der Waals surface area contributed by atoms with E-state index in [-0.39, 0.29) is 40.1 Å². The van der Waals surface area contributed by atoms with E-state index >= 15 is 0 Å². The molecular formula is C16H12N4NaO6S. The summed E-state index contributed by atoms with van der Waals surface area (Å²) in [7, 11) is -4.40. The fraction of sp³-hybridized carbons (Fsp3) is 0.0625. The van der Waals surface area contributed by atoms with Gasteiger partial charge in [-0.05, 0) is 36.4 Å². The van der Waals surface area contributed by atoms with Crippen molar-refractivity contribution in [1.82, 2.24) is 0 Å². The molecule has 0 fully saturated rings.